The zero-order valence-corrected chi connectivity index (χ0v) is 17.4. The van der Waals surface area contributed by atoms with E-state index in [2.05, 4.69) is 4.74 Å². The molecular weight excluding hydrogens is 414 g/mol. The number of alkyl carbamates (subject to hydrolysis) is 1. The number of carbonyl (C=O) groups is 3. The zero-order chi connectivity index (χ0) is 22.3. The molecule has 10 heteroatoms. The first-order valence-corrected chi connectivity index (χ1v) is 10.3. The van der Waals surface area contributed by atoms with Crippen molar-refractivity contribution in [1.82, 2.24) is 5.32 Å². The smallest absolute Gasteiger partial charge is 0.413 e. The van der Waals surface area contributed by atoms with E-state index in [1.165, 1.54) is 30.3 Å². The molecule has 2 amide bonds. The second-order valence-electron chi connectivity index (χ2n) is 6.18. The van der Waals surface area contributed by atoms with Crippen molar-refractivity contribution in [1.29, 1.82) is 0 Å². The van der Waals surface area contributed by atoms with Gasteiger partial charge in [-0.05, 0) is 62.2 Å². The lowest BCUT2D eigenvalue weighted by Gasteiger charge is -2.10. The van der Waals surface area contributed by atoms with E-state index >= 15 is 0 Å². The predicted octanol–water partition coefficient (Wildman–Crippen LogP) is 2.50. The molecule has 30 heavy (non-hydrogen) atoms. The van der Waals surface area contributed by atoms with Crippen LogP contribution in [0.3, 0.4) is 0 Å². The molecule has 2 aromatic rings. The van der Waals surface area contributed by atoms with Gasteiger partial charge in [-0.15, -0.1) is 0 Å². The van der Waals surface area contributed by atoms with Gasteiger partial charge in [0.1, 0.15) is 10.6 Å². The number of aryl methyl sites for hydroxylation is 2. The van der Waals surface area contributed by atoms with E-state index in [0.717, 1.165) is 5.56 Å². The molecule has 0 aromatic heterocycles. The molecule has 0 unspecified atom stereocenters. The van der Waals surface area contributed by atoms with Gasteiger partial charge in [0.15, 0.2) is 6.61 Å². The molecule has 0 heterocycles. The number of imide groups is 1. The second kappa shape index (κ2) is 9.88. The molecule has 2 rings (SSSR count). The highest BCUT2D eigenvalue weighted by Crippen LogP contribution is 2.22. The Hall–Kier alpha value is -3.40. The molecule has 1 N–H and O–H groups in total. The number of hydrogen-bond acceptors (Lipinski definition) is 8. The van der Waals surface area contributed by atoms with Gasteiger partial charge < -0.3 is 13.7 Å². The summed E-state index contributed by atoms with van der Waals surface area (Å²) in [7, 11) is -4.05. The summed E-state index contributed by atoms with van der Waals surface area (Å²) in [6.07, 6.45) is -0.940. The Morgan fingerprint density at radius 3 is 2.27 bits per heavy atom. The third-order valence-corrected chi connectivity index (χ3v) is 5.15. The van der Waals surface area contributed by atoms with Gasteiger partial charge in [0, 0.05) is 0 Å². The largest absolute Gasteiger partial charge is 0.452 e. The molecule has 0 saturated heterocycles. The van der Waals surface area contributed by atoms with Crippen molar-refractivity contribution in [3.05, 3.63) is 59.2 Å². The molecule has 2 aromatic carbocycles. The molecular formula is C20H21NO8S. The van der Waals surface area contributed by atoms with Crippen molar-refractivity contribution < 1.29 is 36.5 Å². The van der Waals surface area contributed by atoms with Crippen LogP contribution < -0.4 is 9.50 Å². The Morgan fingerprint density at radius 2 is 1.63 bits per heavy atom. The summed E-state index contributed by atoms with van der Waals surface area (Å²) in [4.78, 5) is 34.6. The Balaban J connectivity index is 1.99. The topological polar surface area (TPSA) is 125 Å². The lowest BCUT2D eigenvalue weighted by molar-refractivity contribution is -0.123. The van der Waals surface area contributed by atoms with Crippen LogP contribution in [-0.2, 0) is 24.4 Å². The molecule has 0 aliphatic heterocycles. The molecule has 0 spiro atoms. The van der Waals surface area contributed by atoms with E-state index < -0.39 is 34.7 Å². The monoisotopic (exact) mass is 435 g/mol. The third-order valence-electron chi connectivity index (χ3n) is 3.76. The van der Waals surface area contributed by atoms with Crippen molar-refractivity contribution in [2.75, 3.05) is 13.2 Å². The summed E-state index contributed by atoms with van der Waals surface area (Å²) in [6.45, 7) is 4.41. The molecule has 160 valence electrons. The molecule has 0 aliphatic rings. The quantitative estimate of drug-likeness (QED) is 0.519. The van der Waals surface area contributed by atoms with Gasteiger partial charge in [-0.3, -0.25) is 10.1 Å². The molecule has 9 nitrogen and oxygen atoms in total. The molecule has 0 bridgehead atoms. The van der Waals surface area contributed by atoms with Crippen molar-refractivity contribution in [2.24, 2.45) is 0 Å². The second-order valence-corrected chi connectivity index (χ2v) is 7.69. The van der Waals surface area contributed by atoms with Crippen LogP contribution in [0.1, 0.15) is 28.4 Å². The number of benzene rings is 2. The first kappa shape index (κ1) is 22.9. The average Bonchev–Trinajstić information content (AvgIpc) is 2.68. The Morgan fingerprint density at radius 1 is 0.967 bits per heavy atom. The van der Waals surface area contributed by atoms with Gasteiger partial charge in [-0.25, -0.2) is 9.59 Å². The van der Waals surface area contributed by atoms with Crippen molar-refractivity contribution >= 4 is 28.1 Å². The van der Waals surface area contributed by atoms with E-state index in [-0.39, 0.29) is 22.8 Å². The summed E-state index contributed by atoms with van der Waals surface area (Å²) < 4.78 is 39.5. The number of amides is 2. The van der Waals surface area contributed by atoms with Crippen LogP contribution in [0.2, 0.25) is 0 Å². The van der Waals surface area contributed by atoms with Crippen molar-refractivity contribution in [3.63, 3.8) is 0 Å². The van der Waals surface area contributed by atoms with E-state index in [1.54, 1.807) is 32.9 Å². The number of ether oxygens (including phenoxy) is 2. The van der Waals surface area contributed by atoms with Crippen LogP contribution in [0, 0.1) is 13.8 Å². The molecule has 0 fully saturated rings. The Bertz CT molecular complexity index is 1040. The Labute approximate surface area is 174 Å². The van der Waals surface area contributed by atoms with Crippen molar-refractivity contribution in [3.8, 4) is 5.75 Å². The summed E-state index contributed by atoms with van der Waals surface area (Å²) in [5.74, 6) is -1.67. The van der Waals surface area contributed by atoms with Gasteiger partial charge in [-0.1, -0.05) is 12.1 Å². The number of esters is 1. The minimum absolute atomic E-state index is 0.00695. The SMILES string of the molecule is CCOC(=O)NC(=O)COC(=O)c1ccc(OS(=O)(=O)c2cc(C)ccc2C)cc1. The van der Waals surface area contributed by atoms with Crippen LogP contribution in [0.25, 0.3) is 0 Å². The highest BCUT2D eigenvalue weighted by Gasteiger charge is 2.20. The summed E-state index contributed by atoms with van der Waals surface area (Å²) in [6, 6.07) is 10.2. The average molecular weight is 435 g/mol. The van der Waals surface area contributed by atoms with Gasteiger partial charge in [0.2, 0.25) is 0 Å². The number of carbonyl (C=O) groups excluding carboxylic acids is 3. The molecule has 0 aliphatic carbocycles. The highest BCUT2D eigenvalue weighted by atomic mass is 32.2. The summed E-state index contributed by atoms with van der Waals surface area (Å²) in [5.41, 5.74) is 1.38. The van der Waals surface area contributed by atoms with Crippen LogP contribution in [0.15, 0.2) is 47.4 Å². The maximum atomic E-state index is 12.5. The fourth-order valence-corrected chi connectivity index (χ4v) is 3.57. The van der Waals surface area contributed by atoms with Gasteiger partial charge in [-0.2, -0.15) is 8.42 Å². The van der Waals surface area contributed by atoms with E-state index in [0.29, 0.717) is 5.56 Å². The minimum Gasteiger partial charge on any atom is -0.452 e. The summed E-state index contributed by atoms with van der Waals surface area (Å²) >= 11 is 0. The van der Waals surface area contributed by atoms with Crippen LogP contribution in [0.4, 0.5) is 4.79 Å². The molecule has 0 atom stereocenters. The normalized spacial score (nSPS) is 10.8. The summed E-state index contributed by atoms with van der Waals surface area (Å²) in [5, 5.41) is 1.88. The Kier molecular flexibility index (Phi) is 7.54. The molecule has 0 radical (unpaired) electrons. The fourth-order valence-electron chi connectivity index (χ4n) is 2.33. The fraction of sp³-hybridized carbons (Fsp3) is 0.250. The predicted molar refractivity (Wildman–Crippen MR) is 106 cm³/mol. The first-order chi connectivity index (χ1) is 14.1. The van der Waals surface area contributed by atoms with Crippen LogP contribution in [0.5, 0.6) is 5.75 Å². The lowest BCUT2D eigenvalue weighted by atomic mass is 10.2. The maximum absolute atomic E-state index is 12.5. The third kappa shape index (κ3) is 6.31. The van der Waals surface area contributed by atoms with E-state index in [9.17, 15) is 22.8 Å². The highest BCUT2D eigenvalue weighted by molar-refractivity contribution is 7.87. The number of nitrogens with one attached hydrogen (secondary N) is 1. The number of rotatable bonds is 7. The standard InChI is InChI=1S/C20H21NO8S/c1-4-27-20(24)21-18(22)12-28-19(23)15-7-9-16(10-8-15)29-30(25,26)17-11-13(2)5-6-14(17)3/h5-11H,4,12H2,1-3H3,(H,21,22,24). The lowest BCUT2D eigenvalue weighted by Crippen LogP contribution is -2.34. The maximum Gasteiger partial charge on any atom is 0.413 e. The van der Waals surface area contributed by atoms with E-state index in [4.69, 9.17) is 8.92 Å². The van der Waals surface area contributed by atoms with Gasteiger partial charge in [0.05, 0.1) is 12.2 Å². The first-order valence-electron chi connectivity index (χ1n) is 8.88. The minimum atomic E-state index is -4.05. The zero-order valence-electron chi connectivity index (χ0n) is 16.6. The molecule has 0 saturated carbocycles. The van der Waals surface area contributed by atoms with Gasteiger partial charge >= 0.3 is 22.2 Å². The van der Waals surface area contributed by atoms with Crippen LogP contribution in [-0.4, -0.2) is 39.6 Å². The van der Waals surface area contributed by atoms with Crippen molar-refractivity contribution in [2.45, 2.75) is 25.7 Å². The number of hydrogen-bond donors (Lipinski definition) is 1. The van der Waals surface area contributed by atoms with Crippen LogP contribution >= 0.6 is 0 Å². The van der Waals surface area contributed by atoms with Gasteiger partial charge in [0.25, 0.3) is 5.91 Å². The van der Waals surface area contributed by atoms with E-state index in [1.807, 2.05) is 5.32 Å².